The third kappa shape index (κ3) is 3.61. The summed E-state index contributed by atoms with van der Waals surface area (Å²) in [5.41, 5.74) is 2.58. The molecule has 1 saturated carbocycles. The van der Waals surface area contributed by atoms with E-state index in [0.29, 0.717) is 0 Å². The Balaban J connectivity index is 1.67. The number of ether oxygens (including phenoxy) is 1. The maximum Gasteiger partial charge on any atom is 0.127 e. The van der Waals surface area contributed by atoms with Gasteiger partial charge < -0.3 is 10.1 Å². The molecule has 2 nitrogen and oxygen atoms in total. The Kier molecular flexibility index (Phi) is 4.03. The average molecular weight is 267 g/mol. The van der Waals surface area contributed by atoms with Crippen molar-refractivity contribution in [1.29, 1.82) is 0 Å². The maximum absolute atomic E-state index is 5.96. The lowest BCUT2D eigenvalue weighted by atomic mass is 10.1. The van der Waals surface area contributed by atoms with Gasteiger partial charge >= 0.3 is 0 Å². The van der Waals surface area contributed by atoms with Crippen molar-refractivity contribution in [2.45, 2.75) is 38.8 Å². The minimum atomic E-state index is 0.737. The summed E-state index contributed by atoms with van der Waals surface area (Å²) in [5, 5.41) is 3.53. The van der Waals surface area contributed by atoms with Crippen molar-refractivity contribution in [2.24, 2.45) is 0 Å². The first kappa shape index (κ1) is 13.2. The molecule has 0 radical (unpaired) electrons. The second-order valence-electron chi connectivity index (χ2n) is 5.41. The van der Waals surface area contributed by atoms with E-state index in [1.165, 1.54) is 24.0 Å². The van der Waals surface area contributed by atoms with E-state index in [-0.39, 0.29) is 0 Å². The molecular weight excluding hydrogens is 246 g/mol. The van der Waals surface area contributed by atoms with Gasteiger partial charge in [0, 0.05) is 12.6 Å². The molecule has 0 spiro atoms. The Bertz CT molecular complexity index is 575. The molecule has 1 aliphatic rings. The molecule has 0 aromatic heterocycles. The van der Waals surface area contributed by atoms with Crippen molar-refractivity contribution in [3.63, 3.8) is 0 Å². The van der Waals surface area contributed by atoms with Gasteiger partial charge in [0.2, 0.25) is 0 Å². The maximum atomic E-state index is 5.96. The third-order valence-electron chi connectivity index (χ3n) is 3.61. The molecule has 0 unspecified atom stereocenters. The lowest BCUT2D eigenvalue weighted by Crippen LogP contribution is -2.15. The summed E-state index contributed by atoms with van der Waals surface area (Å²) < 4.78 is 5.96. The first-order valence-corrected chi connectivity index (χ1v) is 7.42. The van der Waals surface area contributed by atoms with Crippen molar-refractivity contribution in [3.05, 3.63) is 59.7 Å². The van der Waals surface area contributed by atoms with E-state index in [0.717, 1.165) is 30.5 Å². The molecule has 0 aliphatic heterocycles. The molecule has 1 N–H and O–H groups in total. The van der Waals surface area contributed by atoms with E-state index in [9.17, 15) is 0 Å². The van der Waals surface area contributed by atoms with Gasteiger partial charge in [0.25, 0.3) is 0 Å². The minimum Gasteiger partial charge on any atom is -0.457 e. The smallest absolute Gasteiger partial charge is 0.127 e. The summed E-state index contributed by atoms with van der Waals surface area (Å²) in [6.07, 6.45) is 3.67. The van der Waals surface area contributed by atoms with Crippen molar-refractivity contribution < 1.29 is 4.74 Å². The van der Waals surface area contributed by atoms with Crippen LogP contribution in [0, 0.1) is 0 Å². The molecule has 20 heavy (non-hydrogen) atoms. The van der Waals surface area contributed by atoms with Crippen LogP contribution < -0.4 is 10.1 Å². The van der Waals surface area contributed by atoms with E-state index in [4.69, 9.17) is 4.74 Å². The zero-order chi connectivity index (χ0) is 13.8. The van der Waals surface area contributed by atoms with E-state index in [1.54, 1.807) is 0 Å². The predicted octanol–water partition coefficient (Wildman–Crippen LogP) is 4.29. The molecule has 0 amide bonds. The number of hydrogen-bond donors (Lipinski definition) is 1. The fourth-order valence-electron chi connectivity index (χ4n) is 2.23. The average Bonchev–Trinajstić information content (AvgIpc) is 3.30. The van der Waals surface area contributed by atoms with Crippen LogP contribution in [0.2, 0.25) is 0 Å². The van der Waals surface area contributed by atoms with Crippen molar-refractivity contribution >= 4 is 0 Å². The molecule has 0 heterocycles. The van der Waals surface area contributed by atoms with Gasteiger partial charge in [0.05, 0.1) is 0 Å². The summed E-state index contributed by atoms with van der Waals surface area (Å²) in [7, 11) is 0. The van der Waals surface area contributed by atoms with E-state index in [2.05, 4.69) is 42.6 Å². The SMILES string of the molecule is CCc1cccc(Oc2cccc(CNC3CC3)c2)c1. The van der Waals surface area contributed by atoms with Crippen LogP contribution in [-0.2, 0) is 13.0 Å². The zero-order valence-corrected chi connectivity index (χ0v) is 11.9. The quantitative estimate of drug-likeness (QED) is 0.843. The molecule has 2 aromatic rings. The minimum absolute atomic E-state index is 0.737. The van der Waals surface area contributed by atoms with Crippen LogP contribution in [0.15, 0.2) is 48.5 Å². The fourth-order valence-corrected chi connectivity index (χ4v) is 2.23. The van der Waals surface area contributed by atoms with Crippen LogP contribution in [0.1, 0.15) is 30.9 Å². The molecule has 1 aliphatic carbocycles. The number of benzene rings is 2. The van der Waals surface area contributed by atoms with Gasteiger partial charge in [-0.1, -0.05) is 31.2 Å². The van der Waals surface area contributed by atoms with E-state index < -0.39 is 0 Å². The Morgan fingerprint density at radius 3 is 2.30 bits per heavy atom. The number of nitrogens with one attached hydrogen (secondary N) is 1. The van der Waals surface area contributed by atoms with Crippen LogP contribution in [0.4, 0.5) is 0 Å². The Morgan fingerprint density at radius 2 is 1.65 bits per heavy atom. The van der Waals surface area contributed by atoms with Crippen molar-refractivity contribution in [1.82, 2.24) is 5.32 Å². The predicted molar refractivity (Wildman–Crippen MR) is 82.2 cm³/mol. The highest BCUT2D eigenvalue weighted by molar-refractivity contribution is 5.36. The first-order valence-electron chi connectivity index (χ1n) is 7.42. The Hall–Kier alpha value is -1.80. The highest BCUT2D eigenvalue weighted by atomic mass is 16.5. The van der Waals surface area contributed by atoms with Gasteiger partial charge in [-0.05, 0) is 54.7 Å². The normalized spacial score (nSPS) is 14.2. The number of aryl methyl sites for hydroxylation is 1. The molecule has 1 fully saturated rings. The zero-order valence-electron chi connectivity index (χ0n) is 11.9. The van der Waals surface area contributed by atoms with Crippen LogP contribution >= 0.6 is 0 Å². The van der Waals surface area contributed by atoms with Crippen LogP contribution in [0.5, 0.6) is 11.5 Å². The summed E-state index contributed by atoms with van der Waals surface area (Å²) in [6.45, 7) is 3.08. The topological polar surface area (TPSA) is 21.3 Å². The highest BCUT2D eigenvalue weighted by Gasteiger charge is 2.19. The molecule has 104 valence electrons. The second-order valence-corrected chi connectivity index (χ2v) is 5.41. The van der Waals surface area contributed by atoms with Gasteiger partial charge in [0.15, 0.2) is 0 Å². The molecule has 2 heteroatoms. The second kappa shape index (κ2) is 6.10. The Labute approximate surface area is 120 Å². The van der Waals surface area contributed by atoms with Gasteiger partial charge in [-0.2, -0.15) is 0 Å². The summed E-state index contributed by atoms with van der Waals surface area (Å²) in [6, 6.07) is 17.4. The van der Waals surface area contributed by atoms with Gasteiger partial charge in [-0.15, -0.1) is 0 Å². The standard InChI is InChI=1S/C18H21NO/c1-2-14-5-3-7-17(11-14)20-18-8-4-6-15(12-18)13-19-16-9-10-16/h3-8,11-12,16,19H,2,9-10,13H2,1H3. The molecule has 2 aromatic carbocycles. The van der Waals surface area contributed by atoms with Gasteiger partial charge in [-0.3, -0.25) is 0 Å². The lowest BCUT2D eigenvalue weighted by Gasteiger charge is -2.09. The van der Waals surface area contributed by atoms with E-state index >= 15 is 0 Å². The number of hydrogen-bond acceptors (Lipinski definition) is 2. The monoisotopic (exact) mass is 267 g/mol. The molecular formula is C18H21NO. The largest absolute Gasteiger partial charge is 0.457 e. The molecule has 0 atom stereocenters. The Morgan fingerprint density at radius 1 is 1.00 bits per heavy atom. The van der Waals surface area contributed by atoms with Crippen LogP contribution in [0.3, 0.4) is 0 Å². The van der Waals surface area contributed by atoms with Gasteiger partial charge in [0.1, 0.15) is 11.5 Å². The lowest BCUT2D eigenvalue weighted by molar-refractivity contribution is 0.481. The highest BCUT2D eigenvalue weighted by Crippen LogP contribution is 2.24. The molecule has 0 saturated heterocycles. The van der Waals surface area contributed by atoms with Crippen LogP contribution in [0.25, 0.3) is 0 Å². The first-order chi connectivity index (χ1) is 9.83. The van der Waals surface area contributed by atoms with E-state index in [1.807, 2.05) is 18.2 Å². The molecule has 0 bridgehead atoms. The number of rotatable bonds is 6. The molecule has 3 rings (SSSR count). The van der Waals surface area contributed by atoms with Crippen LogP contribution in [-0.4, -0.2) is 6.04 Å². The van der Waals surface area contributed by atoms with Crippen molar-refractivity contribution in [2.75, 3.05) is 0 Å². The van der Waals surface area contributed by atoms with Gasteiger partial charge in [-0.25, -0.2) is 0 Å². The fraction of sp³-hybridized carbons (Fsp3) is 0.333. The third-order valence-corrected chi connectivity index (χ3v) is 3.61. The van der Waals surface area contributed by atoms with Crippen molar-refractivity contribution in [3.8, 4) is 11.5 Å². The summed E-state index contributed by atoms with van der Waals surface area (Å²) in [4.78, 5) is 0. The summed E-state index contributed by atoms with van der Waals surface area (Å²) >= 11 is 0. The summed E-state index contributed by atoms with van der Waals surface area (Å²) in [5.74, 6) is 1.82.